The predicted molar refractivity (Wildman–Crippen MR) is 104 cm³/mol. The van der Waals surface area contributed by atoms with Crippen LogP contribution in [0.3, 0.4) is 0 Å². The van der Waals surface area contributed by atoms with Crippen LogP contribution in [-0.4, -0.2) is 30.6 Å². The van der Waals surface area contributed by atoms with Crippen LogP contribution >= 0.6 is 11.3 Å². The van der Waals surface area contributed by atoms with E-state index in [0.29, 0.717) is 11.8 Å². The maximum Gasteiger partial charge on any atom is 0.324 e. The van der Waals surface area contributed by atoms with Gasteiger partial charge in [-0.25, -0.2) is 4.98 Å². The Balaban J connectivity index is 1.65. The molecule has 0 bridgehead atoms. The van der Waals surface area contributed by atoms with Crippen molar-refractivity contribution in [2.24, 2.45) is 0 Å². The van der Waals surface area contributed by atoms with Crippen LogP contribution in [0.4, 0.5) is 10.8 Å². The number of anilines is 1. The molecule has 10 heteroatoms. The van der Waals surface area contributed by atoms with Crippen LogP contribution in [0.1, 0.15) is 28.5 Å². The number of thiophene rings is 1. The van der Waals surface area contributed by atoms with E-state index in [1.54, 1.807) is 10.7 Å². The molecule has 0 spiro atoms. The molecule has 1 amide bonds. The molecular weight excluding hydrogens is 380 g/mol. The summed E-state index contributed by atoms with van der Waals surface area (Å²) in [5.41, 5.74) is 3.27. The first kappa shape index (κ1) is 16.6. The average Bonchev–Trinajstić information content (AvgIpc) is 3.37. The van der Waals surface area contributed by atoms with Crippen LogP contribution in [0.25, 0.3) is 17.0 Å². The SMILES string of the molecule is Cc1nn(-c2nc3ccccc3[nH]2)c2c1[C@@H](c1ccc([N+](=O)[O-])s1)CC(=O)N2. The number of fused-ring (bicyclic) bond motifs is 2. The number of aromatic amines is 1. The molecule has 4 heterocycles. The first-order valence-electron chi connectivity index (χ1n) is 8.60. The maximum atomic E-state index is 12.4. The van der Waals surface area contributed by atoms with Gasteiger partial charge < -0.3 is 10.3 Å². The van der Waals surface area contributed by atoms with E-state index in [0.717, 1.165) is 38.5 Å². The van der Waals surface area contributed by atoms with Crippen LogP contribution in [0.5, 0.6) is 0 Å². The van der Waals surface area contributed by atoms with Gasteiger partial charge in [0.2, 0.25) is 11.9 Å². The number of hydrogen-bond acceptors (Lipinski definition) is 6. The number of para-hydroxylation sites is 2. The number of aryl methyl sites for hydroxylation is 1. The zero-order valence-corrected chi connectivity index (χ0v) is 15.5. The van der Waals surface area contributed by atoms with E-state index in [1.165, 1.54) is 6.07 Å². The molecule has 4 aromatic rings. The summed E-state index contributed by atoms with van der Waals surface area (Å²) in [5.74, 6) is 0.615. The van der Waals surface area contributed by atoms with Gasteiger partial charge in [0, 0.05) is 28.8 Å². The van der Waals surface area contributed by atoms with Crippen LogP contribution in [0, 0.1) is 17.0 Å². The highest BCUT2D eigenvalue weighted by Gasteiger charge is 2.34. The van der Waals surface area contributed by atoms with Crippen LogP contribution < -0.4 is 5.32 Å². The van der Waals surface area contributed by atoms with E-state index >= 15 is 0 Å². The lowest BCUT2D eigenvalue weighted by Gasteiger charge is -2.22. The third-order valence-electron chi connectivity index (χ3n) is 4.82. The minimum absolute atomic E-state index is 0.0601. The summed E-state index contributed by atoms with van der Waals surface area (Å²) in [6, 6.07) is 10.8. The molecule has 0 fully saturated rings. The zero-order valence-electron chi connectivity index (χ0n) is 14.7. The highest BCUT2D eigenvalue weighted by molar-refractivity contribution is 7.15. The van der Waals surface area contributed by atoms with Crippen molar-refractivity contribution in [3.63, 3.8) is 0 Å². The van der Waals surface area contributed by atoms with Crippen molar-refractivity contribution in [2.75, 3.05) is 5.32 Å². The van der Waals surface area contributed by atoms with Crippen molar-refractivity contribution in [2.45, 2.75) is 19.3 Å². The van der Waals surface area contributed by atoms with E-state index in [1.807, 2.05) is 31.2 Å². The molecule has 5 rings (SSSR count). The number of H-pyrrole nitrogens is 1. The number of hydrogen-bond donors (Lipinski definition) is 2. The summed E-state index contributed by atoms with van der Waals surface area (Å²) in [5, 5.41) is 18.6. The van der Waals surface area contributed by atoms with Gasteiger partial charge in [0.25, 0.3) is 0 Å². The molecular formula is C18H14N6O3S. The molecule has 0 aliphatic carbocycles. The van der Waals surface area contributed by atoms with Gasteiger partial charge in [0.05, 0.1) is 21.7 Å². The van der Waals surface area contributed by atoms with Crippen LogP contribution in [0.15, 0.2) is 36.4 Å². The van der Waals surface area contributed by atoms with Gasteiger partial charge in [0.15, 0.2) is 0 Å². The van der Waals surface area contributed by atoms with E-state index in [2.05, 4.69) is 20.4 Å². The maximum absolute atomic E-state index is 12.4. The molecule has 28 heavy (non-hydrogen) atoms. The van der Waals surface area contributed by atoms with Gasteiger partial charge in [0.1, 0.15) is 5.82 Å². The summed E-state index contributed by atoms with van der Waals surface area (Å²) >= 11 is 1.09. The number of nitro groups is 1. The Kier molecular flexibility index (Phi) is 3.56. The van der Waals surface area contributed by atoms with Gasteiger partial charge in [-0.3, -0.25) is 14.9 Å². The monoisotopic (exact) mass is 394 g/mol. The number of nitrogens with one attached hydrogen (secondary N) is 2. The van der Waals surface area contributed by atoms with Gasteiger partial charge in [-0.15, -0.1) is 0 Å². The molecule has 1 aromatic carbocycles. The highest BCUT2D eigenvalue weighted by Crippen LogP contribution is 2.43. The second-order valence-electron chi connectivity index (χ2n) is 6.58. The number of carbonyl (C=O) groups excluding carboxylic acids is 1. The lowest BCUT2D eigenvalue weighted by atomic mass is 9.91. The predicted octanol–water partition coefficient (Wildman–Crippen LogP) is 3.50. The van der Waals surface area contributed by atoms with Gasteiger partial charge in [-0.1, -0.05) is 23.5 Å². The number of carbonyl (C=O) groups is 1. The van der Waals surface area contributed by atoms with Crippen molar-refractivity contribution >= 4 is 39.1 Å². The van der Waals surface area contributed by atoms with Gasteiger partial charge in [-0.05, 0) is 25.1 Å². The largest absolute Gasteiger partial charge is 0.324 e. The smallest absolute Gasteiger partial charge is 0.322 e. The lowest BCUT2D eigenvalue weighted by molar-refractivity contribution is -0.380. The Morgan fingerprint density at radius 2 is 2.11 bits per heavy atom. The Hall–Kier alpha value is -3.53. The fraction of sp³-hybridized carbons (Fsp3) is 0.167. The minimum atomic E-state index is -0.414. The first-order valence-corrected chi connectivity index (χ1v) is 9.41. The Labute approximate surface area is 162 Å². The minimum Gasteiger partial charge on any atom is -0.322 e. The molecule has 1 aliphatic heterocycles. The third-order valence-corrected chi connectivity index (χ3v) is 5.97. The number of benzene rings is 1. The van der Waals surface area contributed by atoms with Crippen molar-refractivity contribution in [3.8, 4) is 5.95 Å². The Morgan fingerprint density at radius 3 is 2.86 bits per heavy atom. The summed E-state index contributed by atoms with van der Waals surface area (Å²) in [6.07, 6.45) is 0.220. The first-order chi connectivity index (χ1) is 13.5. The fourth-order valence-corrected chi connectivity index (χ4v) is 4.54. The molecule has 2 N–H and O–H groups in total. The third kappa shape index (κ3) is 2.49. The number of nitrogens with zero attached hydrogens (tertiary/aromatic N) is 4. The topological polar surface area (TPSA) is 119 Å². The number of aromatic nitrogens is 4. The number of amides is 1. The molecule has 1 aliphatic rings. The summed E-state index contributed by atoms with van der Waals surface area (Å²) in [4.78, 5) is 31.6. The average molecular weight is 394 g/mol. The van der Waals surface area contributed by atoms with Crippen molar-refractivity contribution in [1.29, 1.82) is 0 Å². The quantitative estimate of drug-likeness (QED) is 0.407. The number of rotatable bonds is 3. The van der Waals surface area contributed by atoms with Crippen molar-refractivity contribution in [3.05, 3.63) is 62.6 Å². The van der Waals surface area contributed by atoms with E-state index in [9.17, 15) is 14.9 Å². The molecule has 9 nitrogen and oxygen atoms in total. The van der Waals surface area contributed by atoms with Crippen LogP contribution in [-0.2, 0) is 4.79 Å². The summed E-state index contributed by atoms with van der Waals surface area (Å²) < 4.78 is 1.59. The molecule has 0 radical (unpaired) electrons. The van der Waals surface area contributed by atoms with Crippen molar-refractivity contribution < 1.29 is 9.72 Å². The molecule has 0 saturated heterocycles. The molecule has 3 aromatic heterocycles. The van der Waals surface area contributed by atoms with Crippen molar-refractivity contribution in [1.82, 2.24) is 19.7 Å². The normalized spacial score (nSPS) is 16.2. The van der Waals surface area contributed by atoms with E-state index < -0.39 is 4.92 Å². The fourth-order valence-electron chi connectivity index (χ4n) is 3.61. The zero-order chi connectivity index (χ0) is 19.4. The number of imidazole rings is 1. The standard InChI is InChI=1S/C18H14N6O3S/c1-9-16-10(13-6-7-15(28-13)24(26)27)8-14(25)21-17(16)23(22-9)18-19-11-4-2-3-5-12(11)20-18/h2-7,10H,8H2,1H3,(H,19,20)(H,21,25)/t10-/m1/s1. The van der Waals surface area contributed by atoms with Gasteiger partial charge >= 0.3 is 5.00 Å². The highest BCUT2D eigenvalue weighted by atomic mass is 32.1. The van der Waals surface area contributed by atoms with E-state index in [-0.39, 0.29) is 23.2 Å². The second-order valence-corrected chi connectivity index (χ2v) is 7.67. The molecule has 140 valence electrons. The Morgan fingerprint density at radius 1 is 1.29 bits per heavy atom. The molecule has 0 saturated carbocycles. The van der Waals surface area contributed by atoms with Crippen LogP contribution in [0.2, 0.25) is 0 Å². The lowest BCUT2D eigenvalue weighted by Crippen LogP contribution is -2.24. The summed E-state index contributed by atoms with van der Waals surface area (Å²) in [7, 11) is 0. The van der Waals surface area contributed by atoms with Gasteiger partial charge in [-0.2, -0.15) is 9.78 Å². The second kappa shape index (κ2) is 5.99. The summed E-state index contributed by atoms with van der Waals surface area (Å²) in [6.45, 7) is 1.87. The molecule has 1 atom stereocenters. The van der Waals surface area contributed by atoms with E-state index in [4.69, 9.17) is 0 Å². The Bertz CT molecular complexity index is 1220. The molecule has 0 unspecified atom stereocenters.